The summed E-state index contributed by atoms with van der Waals surface area (Å²) >= 11 is 1.31. The predicted molar refractivity (Wildman–Crippen MR) is 68.2 cm³/mol. The number of carbonyl (C=O) groups is 2. The molecule has 0 aliphatic heterocycles. The van der Waals surface area contributed by atoms with Crippen molar-refractivity contribution < 1.29 is 14.7 Å². The molecule has 1 aromatic rings. The second-order valence-corrected chi connectivity index (χ2v) is 5.73. The van der Waals surface area contributed by atoms with E-state index in [1.807, 2.05) is 0 Å². The van der Waals surface area contributed by atoms with Gasteiger partial charge in [0.05, 0.1) is 0 Å². The molecule has 18 heavy (non-hydrogen) atoms. The molecule has 0 saturated heterocycles. The Morgan fingerprint density at radius 2 is 2.28 bits per heavy atom. The Labute approximate surface area is 109 Å². The lowest BCUT2D eigenvalue weighted by molar-refractivity contribution is -0.142. The predicted octanol–water partition coefficient (Wildman–Crippen LogP) is 1.26. The van der Waals surface area contributed by atoms with Crippen LogP contribution in [0.1, 0.15) is 36.6 Å². The molecular weight excluding hydrogens is 252 g/mol. The number of thiophene rings is 1. The van der Waals surface area contributed by atoms with Gasteiger partial charge in [-0.3, -0.25) is 4.79 Å². The maximum absolute atomic E-state index is 11.8. The van der Waals surface area contributed by atoms with Crippen molar-refractivity contribution in [1.29, 1.82) is 0 Å². The highest BCUT2D eigenvalue weighted by Gasteiger charge is 2.35. The molecule has 1 unspecified atom stereocenters. The lowest BCUT2D eigenvalue weighted by atomic mass is 9.75. The van der Waals surface area contributed by atoms with Crippen LogP contribution in [-0.2, 0) is 9.59 Å². The number of carboxylic acid groups (broad SMARTS) is 1. The van der Waals surface area contributed by atoms with Gasteiger partial charge in [0.1, 0.15) is 0 Å². The summed E-state index contributed by atoms with van der Waals surface area (Å²) in [6, 6.07) is 2.49. The van der Waals surface area contributed by atoms with Gasteiger partial charge >= 0.3 is 5.97 Å². The molecule has 4 N–H and O–H groups in total. The molecule has 1 aliphatic carbocycles. The Hall–Kier alpha value is -1.40. The van der Waals surface area contributed by atoms with Crippen molar-refractivity contribution in [2.24, 2.45) is 5.73 Å². The van der Waals surface area contributed by atoms with E-state index in [0.717, 1.165) is 19.3 Å². The van der Waals surface area contributed by atoms with Gasteiger partial charge in [-0.25, -0.2) is 4.79 Å². The van der Waals surface area contributed by atoms with E-state index in [4.69, 9.17) is 10.8 Å². The average molecular weight is 268 g/mol. The fraction of sp³-hybridized carbons (Fsp3) is 0.500. The molecule has 1 amide bonds. The number of hydrogen-bond acceptors (Lipinski definition) is 4. The van der Waals surface area contributed by atoms with E-state index < -0.39 is 17.6 Å². The molecule has 5 nitrogen and oxygen atoms in total. The Bertz CT molecular complexity index is 440. The fourth-order valence-corrected chi connectivity index (χ4v) is 2.82. The first-order valence-corrected chi connectivity index (χ1v) is 6.73. The van der Waals surface area contributed by atoms with Crippen LogP contribution in [0.5, 0.6) is 0 Å². The molecule has 1 atom stereocenters. The molecule has 1 fully saturated rings. The van der Waals surface area contributed by atoms with Crippen LogP contribution in [0.15, 0.2) is 17.5 Å². The Balaban J connectivity index is 1.97. The van der Waals surface area contributed by atoms with Crippen LogP contribution >= 0.6 is 11.3 Å². The van der Waals surface area contributed by atoms with Gasteiger partial charge in [0.25, 0.3) is 0 Å². The topological polar surface area (TPSA) is 92.4 Å². The number of rotatable bonds is 5. The van der Waals surface area contributed by atoms with E-state index in [2.05, 4.69) is 5.32 Å². The van der Waals surface area contributed by atoms with Crippen LogP contribution in [-0.4, -0.2) is 22.5 Å². The van der Waals surface area contributed by atoms with Crippen LogP contribution < -0.4 is 11.1 Å². The van der Waals surface area contributed by atoms with E-state index in [9.17, 15) is 9.59 Å². The first kappa shape index (κ1) is 13.0. The lowest BCUT2D eigenvalue weighted by Crippen LogP contribution is -2.50. The van der Waals surface area contributed by atoms with Gasteiger partial charge in [-0.15, -0.1) is 11.3 Å². The van der Waals surface area contributed by atoms with Gasteiger partial charge in [0.2, 0.25) is 5.91 Å². The zero-order chi connectivity index (χ0) is 13.2. The molecule has 0 aromatic carbocycles. The number of aliphatic carboxylic acids is 1. The largest absolute Gasteiger partial charge is 0.479 e. The van der Waals surface area contributed by atoms with Crippen molar-refractivity contribution in [2.75, 3.05) is 0 Å². The van der Waals surface area contributed by atoms with E-state index in [1.165, 1.54) is 11.3 Å². The number of hydrogen-bond donors (Lipinski definition) is 3. The van der Waals surface area contributed by atoms with Crippen LogP contribution in [0, 0.1) is 0 Å². The summed E-state index contributed by atoms with van der Waals surface area (Å²) in [5.41, 5.74) is 5.54. The molecule has 0 bridgehead atoms. The summed E-state index contributed by atoms with van der Waals surface area (Å²) in [6.45, 7) is 0. The van der Waals surface area contributed by atoms with E-state index in [-0.39, 0.29) is 12.3 Å². The second-order valence-electron chi connectivity index (χ2n) is 4.75. The second kappa shape index (κ2) is 5.07. The van der Waals surface area contributed by atoms with Crippen LogP contribution in [0.2, 0.25) is 0 Å². The SMILES string of the molecule is NC1(CC(=O)NC(C(=O)O)c2cccs2)CCC1. The Morgan fingerprint density at radius 3 is 2.72 bits per heavy atom. The number of nitrogens with two attached hydrogens (primary N) is 1. The molecule has 6 heteroatoms. The highest BCUT2D eigenvalue weighted by molar-refractivity contribution is 7.10. The minimum atomic E-state index is -1.05. The van der Waals surface area contributed by atoms with Crippen molar-refractivity contribution in [3.8, 4) is 0 Å². The third kappa shape index (κ3) is 2.88. The molecule has 98 valence electrons. The van der Waals surface area contributed by atoms with Crippen molar-refractivity contribution in [2.45, 2.75) is 37.3 Å². The van der Waals surface area contributed by atoms with E-state index in [1.54, 1.807) is 17.5 Å². The van der Waals surface area contributed by atoms with Crippen LogP contribution in [0.3, 0.4) is 0 Å². The van der Waals surface area contributed by atoms with Gasteiger partial charge in [0, 0.05) is 16.8 Å². The van der Waals surface area contributed by atoms with E-state index in [0.29, 0.717) is 4.88 Å². The molecular formula is C12H16N2O3S. The van der Waals surface area contributed by atoms with Crippen LogP contribution in [0.25, 0.3) is 0 Å². The third-order valence-corrected chi connectivity index (χ3v) is 4.18. The van der Waals surface area contributed by atoms with Gasteiger partial charge < -0.3 is 16.2 Å². The summed E-state index contributed by atoms with van der Waals surface area (Å²) < 4.78 is 0. The minimum absolute atomic E-state index is 0.197. The standard InChI is InChI=1S/C12H16N2O3S/c13-12(4-2-5-12)7-9(15)14-10(11(16)17)8-3-1-6-18-8/h1,3,6,10H,2,4-5,7,13H2,(H,14,15)(H,16,17). The summed E-state index contributed by atoms with van der Waals surface area (Å²) in [5.74, 6) is -1.34. The van der Waals surface area contributed by atoms with Crippen LogP contribution in [0.4, 0.5) is 0 Å². The third-order valence-electron chi connectivity index (χ3n) is 3.24. The summed E-state index contributed by atoms with van der Waals surface area (Å²) in [7, 11) is 0. The number of carbonyl (C=O) groups excluding carboxylic acids is 1. The monoisotopic (exact) mass is 268 g/mol. The van der Waals surface area contributed by atoms with Gasteiger partial charge in [-0.05, 0) is 30.7 Å². The maximum Gasteiger partial charge on any atom is 0.331 e. The zero-order valence-corrected chi connectivity index (χ0v) is 10.7. The summed E-state index contributed by atoms with van der Waals surface area (Å²) in [6.07, 6.45) is 2.90. The number of amides is 1. The Kier molecular flexibility index (Phi) is 3.68. The zero-order valence-electron chi connectivity index (χ0n) is 9.89. The number of nitrogens with one attached hydrogen (secondary N) is 1. The van der Waals surface area contributed by atoms with Crippen molar-refractivity contribution in [1.82, 2.24) is 5.32 Å². The molecule has 1 aliphatic rings. The molecule has 0 spiro atoms. The molecule has 2 rings (SSSR count). The average Bonchev–Trinajstić information content (AvgIpc) is 2.76. The molecule has 0 radical (unpaired) electrons. The maximum atomic E-state index is 11.8. The van der Waals surface area contributed by atoms with E-state index >= 15 is 0 Å². The number of carboxylic acids is 1. The van der Waals surface area contributed by atoms with Gasteiger partial charge in [-0.2, -0.15) is 0 Å². The molecule has 1 saturated carbocycles. The van der Waals surface area contributed by atoms with Gasteiger partial charge in [0.15, 0.2) is 6.04 Å². The quantitative estimate of drug-likeness (QED) is 0.749. The highest BCUT2D eigenvalue weighted by Crippen LogP contribution is 2.32. The van der Waals surface area contributed by atoms with Crippen molar-refractivity contribution in [3.05, 3.63) is 22.4 Å². The fourth-order valence-electron chi connectivity index (χ4n) is 2.05. The van der Waals surface area contributed by atoms with Crippen molar-refractivity contribution >= 4 is 23.2 Å². The normalized spacial score (nSPS) is 18.7. The van der Waals surface area contributed by atoms with Gasteiger partial charge in [-0.1, -0.05) is 6.07 Å². The Morgan fingerprint density at radius 1 is 1.56 bits per heavy atom. The first-order valence-electron chi connectivity index (χ1n) is 5.85. The summed E-state index contributed by atoms with van der Waals surface area (Å²) in [4.78, 5) is 23.6. The smallest absolute Gasteiger partial charge is 0.331 e. The highest BCUT2D eigenvalue weighted by atomic mass is 32.1. The minimum Gasteiger partial charge on any atom is -0.479 e. The summed E-state index contributed by atoms with van der Waals surface area (Å²) in [5, 5.41) is 13.4. The lowest BCUT2D eigenvalue weighted by Gasteiger charge is -2.37. The molecule has 1 heterocycles. The first-order chi connectivity index (χ1) is 8.50. The van der Waals surface area contributed by atoms with Crippen molar-refractivity contribution in [3.63, 3.8) is 0 Å². The molecule has 1 aromatic heterocycles.